The van der Waals surface area contributed by atoms with Crippen LogP contribution in [0.15, 0.2) is 17.1 Å². The van der Waals surface area contributed by atoms with Gasteiger partial charge in [0.2, 0.25) is 0 Å². The molecule has 0 radical (unpaired) electrons. The fourth-order valence-corrected chi connectivity index (χ4v) is 3.47. The third-order valence-corrected chi connectivity index (χ3v) is 5.11. The molecule has 1 unspecified atom stereocenters. The first-order chi connectivity index (χ1) is 10.6. The third kappa shape index (κ3) is 6.61. The third-order valence-electron chi connectivity index (χ3n) is 5.11. The number of guanidine groups is 1. The van der Waals surface area contributed by atoms with Gasteiger partial charge in [0, 0.05) is 25.7 Å². The van der Waals surface area contributed by atoms with Gasteiger partial charge in [0.05, 0.1) is 0 Å². The summed E-state index contributed by atoms with van der Waals surface area (Å²) in [7, 11) is 1.87. The lowest BCUT2D eigenvalue weighted by Crippen LogP contribution is -2.52. The molecule has 0 saturated carbocycles. The van der Waals surface area contributed by atoms with Crippen LogP contribution in [0.2, 0.25) is 0 Å². The van der Waals surface area contributed by atoms with Crippen molar-refractivity contribution in [2.75, 3.05) is 26.7 Å². The lowest BCUT2D eigenvalue weighted by atomic mass is 9.94. The van der Waals surface area contributed by atoms with Crippen molar-refractivity contribution in [1.82, 2.24) is 15.5 Å². The van der Waals surface area contributed by atoms with Crippen molar-refractivity contribution in [2.45, 2.75) is 58.5 Å². The van der Waals surface area contributed by atoms with Gasteiger partial charge in [-0.25, -0.2) is 0 Å². The summed E-state index contributed by atoms with van der Waals surface area (Å²) in [4.78, 5) is 7.06. The molecule has 1 fully saturated rings. The molecule has 134 valence electrons. The van der Waals surface area contributed by atoms with E-state index in [9.17, 15) is 0 Å². The summed E-state index contributed by atoms with van der Waals surface area (Å²) >= 11 is 0. The zero-order chi connectivity index (χ0) is 15.9. The number of hydrogen-bond donors (Lipinski definition) is 2. The second kappa shape index (κ2) is 10.5. The summed E-state index contributed by atoms with van der Waals surface area (Å²) in [5.74, 6) is 2.50. The van der Waals surface area contributed by atoms with E-state index < -0.39 is 0 Å². The van der Waals surface area contributed by atoms with Crippen LogP contribution in [-0.2, 0) is 0 Å². The normalized spacial score (nSPS) is 22.2. The average Bonchev–Trinajstić information content (AvgIpc) is 3.00. The first-order valence-electron chi connectivity index (χ1n) is 8.96. The molecule has 0 spiro atoms. The van der Waals surface area contributed by atoms with Gasteiger partial charge >= 0.3 is 0 Å². The number of likely N-dealkylation sites (tertiary alicyclic amines) is 1. The van der Waals surface area contributed by atoms with Crippen LogP contribution in [0.4, 0.5) is 0 Å². The monoisotopic (exact) mass is 434 g/mol. The Labute approximate surface area is 159 Å². The van der Waals surface area contributed by atoms with Gasteiger partial charge in [0.1, 0.15) is 0 Å². The highest BCUT2D eigenvalue weighted by molar-refractivity contribution is 14.0. The summed E-state index contributed by atoms with van der Waals surface area (Å²) in [5, 5.41) is 7.08. The molecule has 0 aromatic rings. The highest BCUT2D eigenvalue weighted by Gasteiger charge is 2.25. The minimum absolute atomic E-state index is 0. The van der Waals surface area contributed by atoms with Crippen LogP contribution < -0.4 is 10.6 Å². The molecule has 23 heavy (non-hydrogen) atoms. The molecule has 1 aliphatic carbocycles. The van der Waals surface area contributed by atoms with Crippen LogP contribution in [0.1, 0.15) is 46.5 Å². The Hall–Kier alpha value is -0.300. The molecule has 2 N–H and O–H groups in total. The Morgan fingerprint density at radius 2 is 1.83 bits per heavy atom. The van der Waals surface area contributed by atoms with Crippen LogP contribution in [-0.4, -0.2) is 49.6 Å². The summed E-state index contributed by atoms with van der Waals surface area (Å²) in [6.45, 7) is 10.5. The Bertz CT molecular complexity index is 378. The maximum Gasteiger partial charge on any atom is 0.191 e. The standard InChI is InChI=1S/C18H34N4.HI/c1-14(2)17(22-11-9-15(3)10-12-22)13-20-18(19-4)21-16-7-5-6-8-16;/h5-6,14-17H,7-13H2,1-4H3,(H2,19,20,21);1H. The second-order valence-corrected chi connectivity index (χ2v) is 7.27. The lowest BCUT2D eigenvalue weighted by Gasteiger charge is -2.39. The molecule has 4 nitrogen and oxygen atoms in total. The van der Waals surface area contributed by atoms with Crippen LogP contribution >= 0.6 is 24.0 Å². The van der Waals surface area contributed by atoms with E-state index in [1.54, 1.807) is 0 Å². The summed E-state index contributed by atoms with van der Waals surface area (Å²) in [5.41, 5.74) is 0. The molecule has 0 aromatic carbocycles. The maximum atomic E-state index is 4.39. The van der Waals surface area contributed by atoms with E-state index in [1.165, 1.54) is 25.9 Å². The Balaban J connectivity index is 0.00000264. The SMILES string of the molecule is CN=C(NCC(C(C)C)N1CCC(C)CC1)NC1CC=CC1.I. The molecule has 1 atom stereocenters. The summed E-state index contributed by atoms with van der Waals surface area (Å²) < 4.78 is 0. The van der Waals surface area contributed by atoms with Gasteiger partial charge in [-0.15, -0.1) is 24.0 Å². The van der Waals surface area contributed by atoms with Crippen molar-refractivity contribution in [1.29, 1.82) is 0 Å². The number of nitrogens with one attached hydrogen (secondary N) is 2. The number of hydrogen-bond acceptors (Lipinski definition) is 2. The van der Waals surface area contributed by atoms with Gasteiger partial charge in [0.25, 0.3) is 0 Å². The van der Waals surface area contributed by atoms with E-state index in [0.717, 1.165) is 31.3 Å². The maximum absolute atomic E-state index is 4.39. The first-order valence-corrected chi connectivity index (χ1v) is 8.96. The van der Waals surface area contributed by atoms with E-state index in [2.05, 4.69) is 53.4 Å². The lowest BCUT2D eigenvalue weighted by molar-refractivity contribution is 0.110. The molecule has 0 bridgehead atoms. The van der Waals surface area contributed by atoms with Crippen molar-refractivity contribution >= 4 is 29.9 Å². The minimum Gasteiger partial charge on any atom is -0.355 e. The van der Waals surface area contributed by atoms with Gasteiger partial charge < -0.3 is 10.6 Å². The largest absolute Gasteiger partial charge is 0.355 e. The smallest absolute Gasteiger partial charge is 0.191 e. The Morgan fingerprint density at radius 3 is 2.35 bits per heavy atom. The van der Waals surface area contributed by atoms with Crippen LogP contribution in [0.25, 0.3) is 0 Å². The van der Waals surface area contributed by atoms with Gasteiger partial charge in [-0.1, -0.05) is 32.9 Å². The van der Waals surface area contributed by atoms with E-state index >= 15 is 0 Å². The van der Waals surface area contributed by atoms with Crippen LogP contribution in [0, 0.1) is 11.8 Å². The minimum atomic E-state index is 0. The van der Waals surface area contributed by atoms with Crippen LogP contribution in [0.5, 0.6) is 0 Å². The summed E-state index contributed by atoms with van der Waals surface area (Å²) in [6, 6.07) is 1.10. The molecule has 0 amide bonds. The van der Waals surface area contributed by atoms with Gasteiger partial charge in [-0.3, -0.25) is 9.89 Å². The zero-order valence-corrected chi connectivity index (χ0v) is 17.5. The molecule has 0 aromatic heterocycles. The molecule has 1 heterocycles. The number of rotatable bonds is 5. The van der Waals surface area contributed by atoms with Crippen molar-refractivity contribution in [3.63, 3.8) is 0 Å². The quantitative estimate of drug-likeness (QED) is 0.302. The van der Waals surface area contributed by atoms with Gasteiger partial charge in [-0.2, -0.15) is 0 Å². The Morgan fingerprint density at radius 1 is 1.22 bits per heavy atom. The number of nitrogens with zero attached hydrogens (tertiary/aromatic N) is 2. The zero-order valence-electron chi connectivity index (χ0n) is 15.2. The van der Waals surface area contributed by atoms with Crippen molar-refractivity contribution in [3.05, 3.63) is 12.2 Å². The fourth-order valence-electron chi connectivity index (χ4n) is 3.47. The van der Waals surface area contributed by atoms with E-state index in [0.29, 0.717) is 18.0 Å². The predicted octanol–water partition coefficient (Wildman–Crippen LogP) is 3.24. The molecule has 1 saturated heterocycles. The highest BCUT2D eigenvalue weighted by Crippen LogP contribution is 2.21. The van der Waals surface area contributed by atoms with Crippen LogP contribution in [0.3, 0.4) is 0 Å². The van der Waals surface area contributed by atoms with Gasteiger partial charge in [-0.05, 0) is 50.6 Å². The topological polar surface area (TPSA) is 39.7 Å². The number of piperidine rings is 1. The van der Waals surface area contributed by atoms with E-state index in [1.807, 2.05) is 7.05 Å². The predicted molar refractivity (Wildman–Crippen MR) is 111 cm³/mol. The number of halogens is 1. The molecule has 1 aliphatic heterocycles. The summed E-state index contributed by atoms with van der Waals surface area (Å²) in [6.07, 6.45) is 9.39. The molecule has 2 aliphatic rings. The van der Waals surface area contributed by atoms with E-state index in [-0.39, 0.29) is 24.0 Å². The molecular weight excluding hydrogens is 399 g/mol. The van der Waals surface area contributed by atoms with Crippen molar-refractivity contribution < 1.29 is 0 Å². The van der Waals surface area contributed by atoms with E-state index in [4.69, 9.17) is 0 Å². The van der Waals surface area contributed by atoms with Crippen molar-refractivity contribution in [2.24, 2.45) is 16.8 Å². The highest BCUT2D eigenvalue weighted by atomic mass is 127. The first kappa shape index (κ1) is 20.7. The Kier molecular flexibility index (Phi) is 9.51. The van der Waals surface area contributed by atoms with Gasteiger partial charge in [0.15, 0.2) is 5.96 Å². The second-order valence-electron chi connectivity index (χ2n) is 7.27. The average molecular weight is 434 g/mol. The van der Waals surface area contributed by atoms with Crippen molar-refractivity contribution in [3.8, 4) is 0 Å². The molecule has 2 rings (SSSR count). The molecule has 5 heteroatoms. The fraction of sp³-hybridized carbons (Fsp3) is 0.833. The molecular formula is C18H35IN4. The number of aliphatic imine (C=N–C) groups is 1.